The van der Waals surface area contributed by atoms with Crippen LogP contribution in [0.5, 0.6) is 0 Å². The normalized spacial score (nSPS) is 17.0. The van der Waals surface area contributed by atoms with Crippen molar-refractivity contribution in [2.24, 2.45) is 5.92 Å². The smallest absolute Gasteiger partial charge is 0.0159 e. The molecule has 1 unspecified atom stereocenters. The second-order valence-corrected chi connectivity index (χ2v) is 9.59. The molecule has 2 aromatic rings. The van der Waals surface area contributed by atoms with Crippen LogP contribution in [0.25, 0.3) is 11.1 Å². The van der Waals surface area contributed by atoms with Gasteiger partial charge in [0, 0.05) is 5.25 Å². The molecule has 3 heteroatoms. The van der Waals surface area contributed by atoms with Gasteiger partial charge in [-0.1, -0.05) is 99.5 Å². The second-order valence-electron chi connectivity index (χ2n) is 8.13. The Morgan fingerprint density at radius 2 is 1.67 bits per heavy atom. The van der Waals surface area contributed by atoms with Gasteiger partial charge in [0.15, 0.2) is 0 Å². The van der Waals surface area contributed by atoms with Crippen LogP contribution in [0, 0.1) is 5.92 Å². The summed E-state index contributed by atoms with van der Waals surface area (Å²) in [4.78, 5) is 0. The fourth-order valence-electron chi connectivity index (χ4n) is 4.29. The van der Waals surface area contributed by atoms with E-state index >= 15 is 0 Å². The number of hydrogen-bond acceptors (Lipinski definition) is 2. The van der Waals surface area contributed by atoms with Crippen molar-refractivity contribution < 1.29 is 8.76 Å². The first-order valence-electron chi connectivity index (χ1n) is 10.3. The van der Waals surface area contributed by atoms with E-state index in [1.807, 2.05) is 0 Å². The Morgan fingerprint density at radius 3 is 2.37 bits per heavy atom. The Balaban J connectivity index is 0.000000307. The highest BCUT2D eigenvalue weighted by Crippen LogP contribution is 2.39. The molecule has 0 radical (unpaired) electrons. The minimum Gasteiger partial charge on any atom is -0.772 e. The van der Waals surface area contributed by atoms with E-state index < -0.39 is 11.1 Å². The maximum atomic E-state index is 9.70. The lowest BCUT2D eigenvalue weighted by molar-refractivity contribution is 0.339. The van der Waals surface area contributed by atoms with Crippen LogP contribution >= 0.6 is 0 Å². The highest BCUT2D eigenvalue weighted by Gasteiger charge is 2.21. The first-order chi connectivity index (χ1) is 13.1. The molecular weight excluding hydrogens is 352 g/mol. The molecule has 2 aliphatic rings. The van der Waals surface area contributed by atoms with Gasteiger partial charge in [-0.3, -0.25) is 4.21 Å². The topological polar surface area (TPSA) is 40.1 Å². The van der Waals surface area contributed by atoms with Crippen molar-refractivity contribution in [3.8, 4) is 11.1 Å². The van der Waals surface area contributed by atoms with Crippen LogP contribution in [0.3, 0.4) is 0 Å². The fourth-order valence-corrected chi connectivity index (χ4v) is 4.29. The van der Waals surface area contributed by atoms with Gasteiger partial charge < -0.3 is 4.55 Å². The number of fused-ring (bicyclic) bond motifs is 3. The van der Waals surface area contributed by atoms with E-state index in [9.17, 15) is 8.76 Å². The molecule has 0 saturated heterocycles. The van der Waals surface area contributed by atoms with Crippen LogP contribution in [0.2, 0.25) is 0 Å². The third-order valence-corrected chi connectivity index (χ3v) is 6.65. The Kier molecular flexibility index (Phi) is 7.26. The van der Waals surface area contributed by atoms with E-state index in [2.05, 4.69) is 42.5 Å². The molecule has 1 atom stereocenters. The van der Waals surface area contributed by atoms with Crippen molar-refractivity contribution in [2.75, 3.05) is 0 Å². The minimum absolute atomic E-state index is 0.231. The maximum absolute atomic E-state index is 9.70. The van der Waals surface area contributed by atoms with Gasteiger partial charge >= 0.3 is 0 Å². The lowest BCUT2D eigenvalue weighted by atomic mass is 9.84. The van der Waals surface area contributed by atoms with Gasteiger partial charge in [0.2, 0.25) is 0 Å². The molecule has 27 heavy (non-hydrogen) atoms. The molecule has 0 N–H and O–H groups in total. The summed E-state index contributed by atoms with van der Waals surface area (Å²) in [6.45, 7) is 3.26. The highest BCUT2D eigenvalue weighted by molar-refractivity contribution is 7.79. The quantitative estimate of drug-likeness (QED) is 0.515. The molecule has 4 rings (SSSR count). The van der Waals surface area contributed by atoms with E-state index in [1.54, 1.807) is 25.0 Å². The molecule has 0 bridgehead atoms. The van der Waals surface area contributed by atoms with Crippen molar-refractivity contribution in [1.82, 2.24) is 0 Å². The summed E-state index contributed by atoms with van der Waals surface area (Å²) < 4.78 is 19.4. The number of hydrogen-bond donors (Lipinski definition) is 0. The van der Waals surface area contributed by atoms with Crippen LogP contribution < -0.4 is 0 Å². The highest BCUT2D eigenvalue weighted by atomic mass is 32.2. The molecule has 2 aromatic carbocycles. The van der Waals surface area contributed by atoms with Crippen LogP contribution in [-0.2, 0) is 23.9 Å². The van der Waals surface area contributed by atoms with Crippen LogP contribution in [-0.4, -0.2) is 14.0 Å². The molecule has 1 saturated carbocycles. The third-order valence-electron chi connectivity index (χ3n) is 5.88. The largest absolute Gasteiger partial charge is 0.772 e. The monoisotopic (exact) mass is 383 g/mol. The number of rotatable bonds is 4. The zero-order valence-corrected chi connectivity index (χ0v) is 17.4. The molecule has 0 heterocycles. The first kappa shape index (κ1) is 20.3. The molecule has 1 fully saturated rings. The maximum Gasteiger partial charge on any atom is 0.0159 e. The van der Waals surface area contributed by atoms with Crippen molar-refractivity contribution in [1.29, 1.82) is 0 Å². The van der Waals surface area contributed by atoms with Gasteiger partial charge in [-0.15, -0.1) is 0 Å². The van der Waals surface area contributed by atoms with Crippen molar-refractivity contribution in [2.45, 2.75) is 70.5 Å². The Hall–Kier alpha value is -1.45. The summed E-state index contributed by atoms with van der Waals surface area (Å²) >= 11 is -1.87. The van der Waals surface area contributed by atoms with Crippen LogP contribution in [0.1, 0.15) is 69.1 Å². The van der Waals surface area contributed by atoms with E-state index in [1.165, 1.54) is 61.6 Å². The molecule has 0 amide bonds. The standard InChI is InChI=1S/C21H24.C3H8O2S/c1-2-7-16(8-3-1)13-14-17-10-6-12-20-19-11-5-4-9-18(19)15-21(17)20;1-3(2)6(4)5/h4-6,9-12,16H,1-3,7-8,13-15H2;3H,1-2H3,(H,4,5)/p-1. The van der Waals surface area contributed by atoms with Crippen LogP contribution in [0.15, 0.2) is 42.5 Å². The van der Waals surface area contributed by atoms with E-state index in [-0.39, 0.29) is 5.25 Å². The number of benzene rings is 2. The molecule has 0 aromatic heterocycles. The third kappa shape index (κ3) is 5.30. The predicted octanol–water partition coefficient (Wildman–Crippen LogP) is 6.04. The molecular formula is C24H31O2S-. The van der Waals surface area contributed by atoms with E-state index in [0.29, 0.717) is 0 Å². The van der Waals surface area contributed by atoms with Crippen molar-refractivity contribution in [3.63, 3.8) is 0 Å². The van der Waals surface area contributed by atoms with Gasteiger partial charge in [-0.25, -0.2) is 0 Å². The Morgan fingerprint density at radius 1 is 1.00 bits per heavy atom. The van der Waals surface area contributed by atoms with Gasteiger partial charge in [0.05, 0.1) is 0 Å². The molecule has 2 aliphatic carbocycles. The summed E-state index contributed by atoms with van der Waals surface area (Å²) in [5, 5.41) is -0.231. The average molecular weight is 384 g/mol. The summed E-state index contributed by atoms with van der Waals surface area (Å²) in [7, 11) is 0. The van der Waals surface area contributed by atoms with E-state index in [4.69, 9.17) is 0 Å². The lowest BCUT2D eigenvalue weighted by Gasteiger charge is -2.21. The average Bonchev–Trinajstić information content (AvgIpc) is 3.07. The Bertz CT molecular complexity index is 776. The first-order valence-corrected chi connectivity index (χ1v) is 11.5. The van der Waals surface area contributed by atoms with Gasteiger partial charge in [-0.05, 0) is 53.0 Å². The van der Waals surface area contributed by atoms with Gasteiger partial charge in [0.1, 0.15) is 0 Å². The summed E-state index contributed by atoms with van der Waals surface area (Å²) in [6.07, 6.45) is 11.1. The predicted molar refractivity (Wildman–Crippen MR) is 114 cm³/mol. The summed E-state index contributed by atoms with van der Waals surface area (Å²) in [5.41, 5.74) is 7.68. The summed E-state index contributed by atoms with van der Waals surface area (Å²) in [5.74, 6) is 0.985. The second kappa shape index (κ2) is 9.66. The minimum atomic E-state index is -1.87. The molecule has 0 spiro atoms. The van der Waals surface area contributed by atoms with E-state index in [0.717, 1.165) is 12.3 Å². The van der Waals surface area contributed by atoms with Gasteiger partial charge in [0.25, 0.3) is 0 Å². The van der Waals surface area contributed by atoms with Crippen molar-refractivity contribution in [3.05, 3.63) is 59.2 Å². The molecule has 146 valence electrons. The lowest BCUT2D eigenvalue weighted by Crippen LogP contribution is -2.08. The fraction of sp³-hybridized carbons (Fsp3) is 0.500. The summed E-state index contributed by atoms with van der Waals surface area (Å²) in [6, 6.07) is 15.9. The zero-order chi connectivity index (χ0) is 19.2. The molecule has 0 aliphatic heterocycles. The van der Waals surface area contributed by atoms with Gasteiger partial charge in [-0.2, -0.15) is 0 Å². The number of aryl methyl sites for hydroxylation is 1. The zero-order valence-electron chi connectivity index (χ0n) is 16.6. The molecule has 2 nitrogen and oxygen atoms in total. The van der Waals surface area contributed by atoms with Crippen LogP contribution in [0.4, 0.5) is 0 Å². The SMILES string of the molecule is CC(C)S(=O)[O-].c1ccc2c(c1)Cc1c(CCC3CCCCC3)cccc1-2. The van der Waals surface area contributed by atoms with Crippen molar-refractivity contribution >= 4 is 11.1 Å². The Labute approximate surface area is 166 Å².